The molecule has 7 heteroatoms. The van der Waals surface area contributed by atoms with E-state index in [1.54, 1.807) is 0 Å². The Labute approximate surface area is 88.9 Å². The number of hydrogen-bond acceptors (Lipinski definition) is 5. The molecule has 0 radical (unpaired) electrons. The van der Waals surface area contributed by atoms with Crippen molar-refractivity contribution in [2.24, 2.45) is 0 Å². The summed E-state index contributed by atoms with van der Waals surface area (Å²) >= 11 is 0. The third kappa shape index (κ3) is 3.44. The molecule has 1 aliphatic heterocycles. The first-order valence-electron chi connectivity index (χ1n) is 4.68. The number of nitrogens with zero attached hydrogens (tertiary/aromatic N) is 1. The molecule has 0 spiro atoms. The van der Waals surface area contributed by atoms with Crippen LogP contribution in [0.1, 0.15) is 12.8 Å². The van der Waals surface area contributed by atoms with Crippen LogP contribution in [0.25, 0.3) is 0 Å². The first kappa shape index (κ1) is 12.4. The van der Waals surface area contributed by atoms with Crippen LogP contribution in [0.3, 0.4) is 0 Å². The smallest absolute Gasteiger partial charge is 0.306 e. The average Bonchev–Trinajstić information content (AvgIpc) is 2.62. The monoisotopic (exact) mass is 237 g/mol. The van der Waals surface area contributed by atoms with Crippen LogP contribution in [0.15, 0.2) is 0 Å². The van der Waals surface area contributed by atoms with Crippen molar-refractivity contribution in [3.05, 3.63) is 0 Å². The maximum atomic E-state index is 11.6. The normalized spacial score (nSPS) is 22.9. The van der Waals surface area contributed by atoms with Gasteiger partial charge in [-0.25, -0.2) is 8.42 Å². The fourth-order valence-electron chi connectivity index (χ4n) is 1.41. The van der Waals surface area contributed by atoms with Crippen molar-refractivity contribution in [1.82, 2.24) is 4.31 Å². The van der Waals surface area contributed by atoms with Crippen LogP contribution < -0.4 is 0 Å². The summed E-state index contributed by atoms with van der Waals surface area (Å²) in [5.41, 5.74) is 0. The lowest BCUT2D eigenvalue weighted by Crippen LogP contribution is -2.32. The molecular weight excluding hydrogens is 222 g/mol. The van der Waals surface area contributed by atoms with Gasteiger partial charge in [0.05, 0.1) is 25.4 Å². The molecule has 0 unspecified atom stereocenters. The highest BCUT2D eigenvalue weighted by molar-refractivity contribution is 7.89. The minimum absolute atomic E-state index is 0.128. The molecule has 6 nitrogen and oxygen atoms in total. The van der Waals surface area contributed by atoms with E-state index in [1.807, 2.05) is 0 Å². The summed E-state index contributed by atoms with van der Waals surface area (Å²) in [6.45, 7) is 0.453. The Hall–Kier alpha value is -0.660. The predicted octanol–water partition coefficient (Wildman–Crippen LogP) is -1.05. The van der Waals surface area contributed by atoms with Gasteiger partial charge < -0.3 is 9.84 Å². The SMILES string of the molecule is COC(=O)CCS(=O)(=O)N1CC[C@H](O)C1. The van der Waals surface area contributed by atoms with E-state index in [2.05, 4.69) is 4.74 Å². The molecule has 1 atom stereocenters. The molecule has 1 fully saturated rings. The van der Waals surface area contributed by atoms with E-state index in [4.69, 9.17) is 0 Å². The van der Waals surface area contributed by atoms with Crippen molar-refractivity contribution in [2.75, 3.05) is 26.0 Å². The summed E-state index contributed by atoms with van der Waals surface area (Å²) in [5.74, 6) is -0.801. The van der Waals surface area contributed by atoms with Crippen LogP contribution in [-0.4, -0.2) is 55.9 Å². The van der Waals surface area contributed by atoms with Crippen LogP contribution in [-0.2, 0) is 19.6 Å². The van der Waals surface area contributed by atoms with Gasteiger partial charge in [0.15, 0.2) is 0 Å². The van der Waals surface area contributed by atoms with Crippen molar-refractivity contribution in [3.63, 3.8) is 0 Å². The first-order valence-corrected chi connectivity index (χ1v) is 6.29. The quantitative estimate of drug-likeness (QED) is 0.630. The van der Waals surface area contributed by atoms with Crippen LogP contribution in [0.4, 0.5) is 0 Å². The number of sulfonamides is 1. The van der Waals surface area contributed by atoms with Crippen molar-refractivity contribution < 1.29 is 23.1 Å². The van der Waals surface area contributed by atoms with Gasteiger partial charge in [0, 0.05) is 13.1 Å². The van der Waals surface area contributed by atoms with Gasteiger partial charge in [-0.15, -0.1) is 0 Å². The second-order valence-corrected chi connectivity index (χ2v) is 5.53. The minimum Gasteiger partial charge on any atom is -0.469 e. The Morgan fingerprint density at radius 2 is 2.27 bits per heavy atom. The molecule has 1 N–H and O–H groups in total. The maximum Gasteiger partial charge on any atom is 0.306 e. The average molecular weight is 237 g/mol. The molecule has 0 aromatic rings. The molecule has 1 heterocycles. The minimum atomic E-state index is -3.43. The van der Waals surface area contributed by atoms with Crippen LogP contribution >= 0.6 is 0 Å². The number of rotatable bonds is 4. The van der Waals surface area contributed by atoms with Crippen molar-refractivity contribution >= 4 is 16.0 Å². The zero-order chi connectivity index (χ0) is 11.5. The number of aliphatic hydroxyl groups is 1. The molecule has 0 aromatic carbocycles. The first-order chi connectivity index (χ1) is 6.95. The molecule has 0 amide bonds. The molecule has 0 aromatic heterocycles. The molecule has 1 aliphatic rings. The molecule has 0 saturated carbocycles. The number of ether oxygens (including phenoxy) is 1. The summed E-state index contributed by atoms with van der Waals surface area (Å²) in [7, 11) is -2.21. The van der Waals surface area contributed by atoms with Gasteiger partial charge >= 0.3 is 5.97 Å². The zero-order valence-corrected chi connectivity index (χ0v) is 9.37. The van der Waals surface area contributed by atoms with Gasteiger partial charge in [-0.1, -0.05) is 0 Å². The Morgan fingerprint density at radius 3 is 2.73 bits per heavy atom. The summed E-state index contributed by atoms with van der Waals surface area (Å²) in [6.07, 6.45) is -0.277. The molecule has 0 bridgehead atoms. The number of aliphatic hydroxyl groups excluding tert-OH is 1. The van der Waals surface area contributed by atoms with E-state index in [0.717, 1.165) is 0 Å². The van der Waals surface area contributed by atoms with E-state index >= 15 is 0 Å². The third-order valence-corrected chi connectivity index (χ3v) is 4.15. The molecule has 1 rings (SSSR count). The Kier molecular flexibility index (Phi) is 4.06. The van der Waals surface area contributed by atoms with Crippen LogP contribution in [0, 0.1) is 0 Å². The molecule has 1 saturated heterocycles. The summed E-state index contributed by atoms with van der Waals surface area (Å²) in [6, 6.07) is 0. The van der Waals surface area contributed by atoms with Crippen molar-refractivity contribution in [3.8, 4) is 0 Å². The summed E-state index contributed by atoms with van der Waals surface area (Å²) in [5, 5.41) is 9.19. The zero-order valence-electron chi connectivity index (χ0n) is 8.55. The highest BCUT2D eigenvalue weighted by Crippen LogP contribution is 2.14. The van der Waals surface area contributed by atoms with E-state index in [-0.39, 0.29) is 18.7 Å². The Morgan fingerprint density at radius 1 is 1.60 bits per heavy atom. The maximum absolute atomic E-state index is 11.6. The van der Waals surface area contributed by atoms with E-state index in [9.17, 15) is 18.3 Å². The molecule has 15 heavy (non-hydrogen) atoms. The highest BCUT2D eigenvalue weighted by atomic mass is 32.2. The largest absolute Gasteiger partial charge is 0.469 e. The summed E-state index contributed by atoms with van der Waals surface area (Å²) in [4.78, 5) is 10.8. The number of hydrogen-bond donors (Lipinski definition) is 1. The van der Waals surface area contributed by atoms with E-state index < -0.39 is 22.1 Å². The fourth-order valence-corrected chi connectivity index (χ4v) is 2.87. The van der Waals surface area contributed by atoms with Gasteiger partial charge in [-0.3, -0.25) is 4.79 Å². The van der Waals surface area contributed by atoms with Crippen molar-refractivity contribution in [2.45, 2.75) is 18.9 Å². The van der Waals surface area contributed by atoms with Gasteiger partial charge in [0.25, 0.3) is 0 Å². The second kappa shape index (κ2) is 4.91. The topological polar surface area (TPSA) is 83.9 Å². The van der Waals surface area contributed by atoms with Gasteiger partial charge in [-0.05, 0) is 6.42 Å². The predicted molar refractivity (Wildman–Crippen MR) is 52.6 cm³/mol. The number of carbonyl (C=O) groups excluding carboxylic acids is 1. The number of methoxy groups -OCH3 is 1. The standard InChI is InChI=1S/C8H15NO5S/c1-14-8(11)3-5-15(12,13)9-4-2-7(10)6-9/h7,10H,2-6H2,1H3/t7-/m0/s1. The molecular formula is C8H15NO5S. The van der Waals surface area contributed by atoms with Gasteiger partial charge in [-0.2, -0.15) is 4.31 Å². The van der Waals surface area contributed by atoms with Gasteiger partial charge in [0.2, 0.25) is 10.0 Å². The van der Waals surface area contributed by atoms with E-state index in [0.29, 0.717) is 13.0 Å². The lowest BCUT2D eigenvalue weighted by molar-refractivity contribution is -0.140. The van der Waals surface area contributed by atoms with E-state index in [1.165, 1.54) is 11.4 Å². The lowest BCUT2D eigenvalue weighted by Gasteiger charge is -2.14. The lowest BCUT2D eigenvalue weighted by atomic mass is 10.3. The second-order valence-electron chi connectivity index (χ2n) is 3.44. The summed E-state index contributed by atoms with van der Waals surface area (Å²) < 4.78 is 28.8. The number of β-amino-alcohol motifs (C(OH)–C–C–N with tert-alkyl or cyclic N) is 1. The van der Waals surface area contributed by atoms with Crippen LogP contribution in [0.5, 0.6) is 0 Å². The van der Waals surface area contributed by atoms with Crippen LogP contribution in [0.2, 0.25) is 0 Å². The fraction of sp³-hybridized carbons (Fsp3) is 0.875. The third-order valence-electron chi connectivity index (χ3n) is 2.31. The number of esters is 1. The van der Waals surface area contributed by atoms with Gasteiger partial charge in [0.1, 0.15) is 0 Å². The Bertz CT molecular complexity index is 326. The van der Waals surface area contributed by atoms with Crippen molar-refractivity contribution in [1.29, 1.82) is 0 Å². The molecule has 88 valence electrons. The Balaban J connectivity index is 2.49. The number of carbonyl (C=O) groups is 1. The molecule has 0 aliphatic carbocycles. The highest BCUT2D eigenvalue weighted by Gasteiger charge is 2.30.